The van der Waals surface area contributed by atoms with Crippen LogP contribution in [0.25, 0.3) is 11.3 Å². The summed E-state index contributed by atoms with van der Waals surface area (Å²) in [5, 5.41) is 0. The van der Waals surface area contributed by atoms with E-state index in [0.29, 0.717) is 11.5 Å². The van der Waals surface area contributed by atoms with Crippen LogP contribution in [0.3, 0.4) is 0 Å². The molecule has 0 unspecified atom stereocenters. The van der Waals surface area contributed by atoms with Crippen LogP contribution in [0, 0.1) is 0 Å². The molecule has 94 valence electrons. The highest BCUT2D eigenvalue weighted by atomic mass is 16.5. The van der Waals surface area contributed by atoms with Gasteiger partial charge in [-0.05, 0) is 19.1 Å². The number of benzene rings is 1. The van der Waals surface area contributed by atoms with Crippen LogP contribution in [0.15, 0.2) is 34.9 Å². The number of methoxy groups -OCH3 is 1. The molecule has 0 bridgehead atoms. The molecule has 2 aromatic rings. The first-order chi connectivity index (χ1) is 8.76. The lowest BCUT2D eigenvalue weighted by atomic mass is 10.1. The number of oxazole rings is 1. The summed E-state index contributed by atoms with van der Waals surface area (Å²) in [6.45, 7) is 2.01. The van der Waals surface area contributed by atoms with Gasteiger partial charge in [0.15, 0.2) is 5.76 Å². The Kier molecular flexibility index (Phi) is 3.62. The molecule has 0 N–H and O–H groups in total. The number of nitrogens with zero attached hydrogens (tertiary/aromatic N) is 1. The van der Waals surface area contributed by atoms with Crippen molar-refractivity contribution in [2.24, 2.45) is 0 Å². The lowest BCUT2D eigenvalue weighted by Crippen LogP contribution is -2.04. The number of hydrogen-bond acceptors (Lipinski definition) is 5. The highest BCUT2D eigenvalue weighted by Gasteiger charge is 2.16. The van der Waals surface area contributed by atoms with E-state index >= 15 is 0 Å². The van der Waals surface area contributed by atoms with Gasteiger partial charge >= 0.3 is 11.9 Å². The van der Waals surface area contributed by atoms with Gasteiger partial charge in [-0.15, -0.1) is 0 Å². The molecule has 0 amide bonds. The molecule has 1 aromatic heterocycles. The molecule has 2 rings (SSSR count). The van der Waals surface area contributed by atoms with E-state index in [-0.39, 0.29) is 12.5 Å². The molecule has 0 spiro atoms. The molecule has 0 radical (unpaired) electrons. The molecular weight excluding hydrogens is 234 g/mol. The normalized spacial score (nSPS) is 10.1. The summed E-state index contributed by atoms with van der Waals surface area (Å²) in [6, 6.07) is 7.34. The summed E-state index contributed by atoms with van der Waals surface area (Å²) in [5.41, 5.74) is 0.739. The number of aromatic nitrogens is 1. The van der Waals surface area contributed by atoms with Crippen molar-refractivity contribution in [1.82, 2.24) is 4.98 Å². The minimum absolute atomic E-state index is 0.0576. The number of rotatable bonds is 4. The smallest absolute Gasteiger partial charge is 0.394 e. The predicted octanol–water partition coefficient (Wildman–Crippen LogP) is 2.53. The first-order valence-electron chi connectivity index (χ1n) is 5.52. The quantitative estimate of drug-likeness (QED) is 0.777. The summed E-state index contributed by atoms with van der Waals surface area (Å²) in [4.78, 5) is 15.3. The standard InChI is InChI=1S/C13H13NO4/c1-3-17-13(15)12-14-8-11(18-12)9-6-4-5-7-10(9)16-2/h4-8H,3H2,1-2H3. The van der Waals surface area contributed by atoms with Crippen molar-refractivity contribution in [3.05, 3.63) is 36.4 Å². The van der Waals surface area contributed by atoms with Crippen molar-refractivity contribution in [1.29, 1.82) is 0 Å². The maximum atomic E-state index is 11.4. The SMILES string of the molecule is CCOC(=O)c1ncc(-c2ccccc2OC)o1. The molecule has 0 aliphatic rings. The van der Waals surface area contributed by atoms with Gasteiger partial charge in [-0.25, -0.2) is 9.78 Å². The van der Waals surface area contributed by atoms with Gasteiger partial charge in [-0.1, -0.05) is 12.1 Å². The first-order valence-corrected chi connectivity index (χ1v) is 5.52. The van der Waals surface area contributed by atoms with E-state index in [1.54, 1.807) is 14.0 Å². The third-order valence-electron chi connectivity index (χ3n) is 2.33. The Balaban J connectivity index is 2.32. The third kappa shape index (κ3) is 2.34. The van der Waals surface area contributed by atoms with E-state index in [1.807, 2.05) is 24.3 Å². The molecule has 1 aromatic carbocycles. The van der Waals surface area contributed by atoms with Gasteiger partial charge in [0.05, 0.1) is 25.5 Å². The van der Waals surface area contributed by atoms with Crippen molar-refractivity contribution in [3.63, 3.8) is 0 Å². The van der Waals surface area contributed by atoms with Crippen LogP contribution in [0.5, 0.6) is 5.75 Å². The van der Waals surface area contributed by atoms with Crippen molar-refractivity contribution < 1.29 is 18.7 Å². The van der Waals surface area contributed by atoms with E-state index in [9.17, 15) is 4.79 Å². The predicted molar refractivity (Wildman–Crippen MR) is 64.4 cm³/mol. The Hall–Kier alpha value is -2.30. The fourth-order valence-electron chi connectivity index (χ4n) is 1.53. The second kappa shape index (κ2) is 5.35. The zero-order valence-corrected chi connectivity index (χ0v) is 10.2. The van der Waals surface area contributed by atoms with E-state index < -0.39 is 5.97 Å². The van der Waals surface area contributed by atoms with Gasteiger partial charge in [-0.3, -0.25) is 0 Å². The van der Waals surface area contributed by atoms with Crippen LogP contribution in [0.4, 0.5) is 0 Å². The van der Waals surface area contributed by atoms with Crippen LogP contribution < -0.4 is 4.74 Å². The lowest BCUT2D eigenvalue weighted by Gasteiger charge is -2.04. The average Bonchev–Trinajstić information content (AvgIpc) is 2.88. The summed E-state index contributed by atoms with van der Waals surface area (Å²) in [7, 11) is 1.57. The number of esters is 1. The summed E-state index contributed by atoms with van der Waals surface area (Å²) in [5.74, 6) is 0.496. The fraction of sp³-hybridized carbons (Fsp3) is 0.231. The summed E-state index contributed by atoms with van der Waals surface area (Å²) in [6.07, 6.45) is 1.48. The van der Waals surface area contributed by atoms with Crippen LogP contribution in [0.2, 0.25) is 0 Å². The Morgan fingerprint density at radius 2 is 2.17 bits per heavy atom. The monoisotopic (exact) mass is 247 g/mol. The topological polar surface area (TPSA) is 61.6 Å². The first kappa shape index (κ1) is 12.2. The second-order valence-electron chi connectivity index (χ2n) is 3.45. The molecule has 1 heterocycles. The van der Waals surface area contributed by atoms with Crippen molar-refractivity contribution in [2.75, 3.05) is 13.7 Å². The summed E-state index contributed by atoms with van der Waals surface area (Å²) >= 11 is 0. The van der Waals surface area contributed by atoms with E-state index in [1.165, 1.54) is 6.20 Å². The van der Waals surface area contributed by atoms with Gasteiger partial charge < -0.3 is 13.9 Å². The van der Waals surface area contributed by atoms with E-state index in [0.717, 1.165) is 5.56 Å². The van der Waals surface area contributed by atoms with Crippen LogP contribution in [-0.2, 0) is 4.74 Å². The number of para-hydroxylation sites is 1. The van der Waals surface area contributed by atoms with Crippen LogP contribution in [0.1, 0.15) is 17.6 Å². The number of carbonyl (C=O) groups is 1. The highest BCUT2D eigenvalue weighted by Crippen LogP contribution is 2.29. The van der Waals surface area contributed by atoms with Gasteiger partial charge in [0.25, 0.3) is 0 Å². The van der Waals surface area contributed by atoms with Crippen molar-refractivity contribution in [2.45, 2.75) is 6.92 Å². The Morgan fingerprint density at radius 1 is 1.39 bits per heavy atom. The zero-order valence-electron chi connectivity index (χ0n) is 10.2. The molecule has 18 heavy (non-hydrogen) atoms. The van der Waals surface area contributed by atoms with Crippen LogP contribution >= 0.6 is 0 Å². The van der Waals surface area contributed by atoms with Gasteiger partial charge in [0.1, 0.15) is 5.75 Å². The number of hydrogen-bond donors (Lipinski definition) is 0. The zero-order chi connectivity index (χ0) is 13.0. The highest BCUT2D eigenvalue weighted by molar-refractivity contribution is 5.84. The average molecular weight is 247 g/mol. The fourth-order valence-corrected chi connectivity index (χ4v) is 1.53. The third-order valence-corrected chi connectivity index (χ3v) is 2.33. The lowest BCUT2D eigenvalue weighted by molar-refractivity contribution is 0.0482. The van der Waals surface area contributed by atoms with Crippen molar-refractivity contribution >= 4 is 5.97 Å². The maximum Gasteiger partial charge on any atom is 0.394 e. The van der Waals surface area contributed by atoms with Gasteiger partial charge in [-0.2, -0.15) is 0 Å². The molecule has 0 saturated carbocycles. The molecule has 5 nitrogen and oxygen atoms in total. The second-order valence-corrected chi connectivity index (χ2v) is 3.45. The minimum atomic E-state index is -0.571. The molecule has 0 aliphatic heterocycles. The van der Waals surface area contributed by atoms with E-state index in [2.05, 4.69) is 4.98 Å². The Bertz CT molecular complexity index is 547. The molecular formula is C13H13NO4. The maximum absolute atomic E-state index is 11.4. The largest absolute Gasteiger partial charge is 0.496 e. The molecule has 0 atom stereocenters. The van der Waals surface area contributed by atoms with Crippen molar-refractivity contribution in [3.8, 4) is 17.1 Å². The van der Waals surface area contributed by atoms with E-state index in [4.69, 9.17) is 13.9 Å². The van der Waals surface area contributed by atoms with Gasteiger partial charge in [0, 0.05) is 0 Å². The molecule has 0 fully saturated rings. The number of carbonyl (C=O) groups excluding carboxylic acids is 1. The summed E-state index contributed by atoms with van der Waals surface area (Å²) < 4.78 is 15.4. The Morgan fingerprint density at radius 3 is 2.89 bits per heavy atom. The number of ether oxygens (including phenoxy) is 2. The minimum Gasteiger partial charge on any atom is -0.496 e. The molecule has 0 aliphatic carbocycles. The van der Waals surface area contributed by atoms with Gasteiger partial charge in [0.2, 0.25) is 0 Å². The Labute approximate surface area is 104 Å². The molecule has 0 saturated heterocycles. The van der Waals surface area contributed by atoms with Crippen LogP contribution in [-0.4, -0.2) is 24.7 Å². The molecule has 5 heteroatoms.